The van der Waals surface area contributed by atoms with E-state index in [0.29, 0.717) is 11.5 Å². The van der Waals surface area contributed by atoms with Crippen molar-refractivity contribution < 1.29 is 13.6 Å². The molecule has 0 N–H and O–H groups in total. The Hall–Kier alpha value is -1.77. The van der Waals surface area contributed by atoms with Gasteiger partial charge in [-0.1, -0.05) is 36.4 Å². The molecule has 124 valence electrons. The summed E-state index contributed by atoms with van der Waals surface area (Å²) < 4.78 is 27.1. The smallest absolute Gasteiger partial charge is 0.404 e. The summed E-state index contributed by atoms with van der Waals surface area (Å²) in [6.07, 6.45) is 0. The SMILES string of the molecule is CC(C)N(C(C)C)P(=O)(Oc1ccccc1)Oc1ccccc1. The van der Waals surface area contributed by atoms with Gasteiger partial charge in [0.25, 0.3) is 0 Å². The minimum Gasteiger partial charge on any atom is -0.404 e. The Bertz CT molecular complexity index is 590. The zero-order valence-corrected chi connectivity index (χ0v) is 14.9. The van der Waals surface area contributed by atoms with Gasteiger partial charge in [0.15, 0.2) is 0 Å². The van der Waals surface area contributed by atoms with Crippen molar-refractivity contribution in [1.29, 1.82) is 0 Å². The quantitative estimate of drug-likeness (QED) is 0.638. The number of hydrogen-bond donors (Lipinski definition) is 0. The van der Waals surface area contributed by atoms with Crippen molar-refractivity contribution in [1.82, 2.24) is 4.67 Å². The van der Waals surface area contributed by atoms with E-state index in [1.54, 1.807) is 28.9 Å². The molecule has 0 amide bonds. The highest BCUT2D eigenvalue weighted by atomic mass is 31.2. The fourth-order valence-electron chi connectivity index (χ4n) is 2.50. The van der Waals surface area contributed by atoms with E-state index in [-0.39, 0.29) is 12.1 Å². The average Bonchev–Trinajstić information content (AvgIpc) is 2.47. The maximum atomic E-state index is 13.6. The first-order valence-corrected chi connectivity index (χ1v) is 9.30. The first-order valence-electron chi connectivity index (χ1n) is 7.80. The van der Waals surface area contributed by atoms with Crippen LogP contribution < -0.4 is 9.05 Å². The lowest BCUT2D eigenvalue weighted by Gasteiger charge is -2.35. The lowest BCUT2D eigenvalue weighted by atomic mass is 10.3. The van der Waals surface area contributed by atoms with Gasteiger partial charge in [-0.2, -0.15) is 4.67 Å². The van der Waals surface area contributed by atoms with E-state index in [4.69, 9.17) is 9.05 Å². The summed E-state index contributed by atoms with van der Waals surface area (Å²) >= 11 is 0. The number of para-hydroxylation sites is 2. The summed E-state index contributed by atoms with van der Waals surface area (Å²) in [5, 5.41) is 0. The van der Waals surface area contributed by atoms with Crippen molar-refractivity contribution >= 4 is 7.75 Å². The molecule has 0 heterocycles. The molecular weight excluding hydrogens is 309 g/mol. The molecule has 0 aliphatic carbocycles. The van der Waals surface area contributed by atoms with E-state index in [1.807, 2.05) is 64.1 Å². The van der Waals surface area contributed by atoms with Crippen LogP contribution in [0.25, 0.3) is 0 Å². The van der Waals surface area contributed by atoms with Crippen molar-refractivity contribution in [2.24, 2.45) is 0 Å². The third-order valence-electron chi connectivity index (χ3n) is 3.27. The molecule has 0 fully saturated rings. The first-order chi connectivity index (χ1) is 10.9. The van der Waals surface area contributed by atoms with Gasteiger partial charge in [-0.15, -0.1) is 0 Å². The van der Waals surface area contributed by atoms with Crippen LogP contribution in [-0.4, -0.2) is 16.8 Å². The highest BCUT2D eigenvalue weighted by Crippen LogP contribution is 2.53. The Morgan fingerprint density at radius 3 is 1.39 bits per heavy atom. The van der Waals surface area contributed by atoms with Crippen molar-refractivity contribution in [2.75, 3.05) is 0 Å². The minimum absolute atomic E-state index is 0.00765. The summed E-state index contributed by atoms with van der Waals surface area (Å²) in [7, 11) is -3.55. The largest absolute Gasteiger partial charge is 0.516 e. The van der Waals surface area contributed by atoms with Crippen molar-refractivity contribution in [3.63, 3.8) is 0 Å². The molecule has 0 aliphatic heterocycles. The first kappa shape index (κ1) is 17.6. The van der Waals surface area contributed by atoms with Crippen LogP contribution in [0.1, 0.15) is 27.7 Å². The van der Waals surface area contributed by atoms with Crippen LogP contribution in [0, 0.1) is 0 Å². The highest BCUT2D eigenvalue weighted by Gasteiger charge is 2.40. The van der Waals surface area contributed by atoms with Gasteiger partial charge in [0.2, 0.25) is 0 Å². The molecule has 0 atom stereocenters. The van der Waals surface area contributed by atoms with Crippen LogP contribution in [0.3, 0.4) is 0 Å². The third-order valence-corrected chi connectivity index (χ3v) is 5.64. The van der Waals surface area contributed by atoms with Crippen LogP contribution in [0.15, 0.2) is 60.7 Å². The van der Waals surface area contributed by atoms with E-state index >= 15 is 0 Å². The van der Waals surface area contributed by atoms with Crippen molar-refractivity contribution in [3.05, 3.63) is 60.7 Å². The van der Waals surface area contributed by atoms with E-state index in [2.05, 4.69) is 0 Å². The van der Waals surface area contributed by atoms with Gasteiger partial charge in [0, 0.05) is 12.1 Å². The van der Waals surface area contributed by atoms with Crippen LogP contribution in [0.2, 0.25) is 0 Å². The molecular formula is C18H24NO3P. The topological polar surface area (TPSA) is 38.8 Å². The number of nitrogens with zero attached hydrogens (tertiary/aromatic N) is 1. The molecule has 0 spiro atoms. The summed E-state index contributed by atoms with van der Waals surface area (Å²) in [5.74, 6) is 1.05. The molecule has 0 bridgehead atoms. The Kier molecular flexibility index (Phi) is 5.86. The van der Waals surface area contributed by atoms with Crippen LogP contribution in [-0.2, 0) is 4.57 Å². The van der Waals surface area contributed by atoms with E-state index in [9.17, 15) is 4.57 Å². The lowest BCUT2D eigenvalue weighted by Crippen LogP contribution is -2.37. The van der Waals surface area contributed by atoms with E-state index in [0.717, 1.165) is 0 Å². The zero-order valence-electron chi connectivity index (χ0n) is 14.0. The summed E-state index contributed by atoms with van der Waals surface area (Å²) in [5.41, 5.74) is 0. The predicted octanol–water partition coefficient (Wildman–Crippen LogP) is 5.37. The Morgan fingerprint density at radius 2 is 1.09 bits per heavy atom. The summed E-state index contributed by atoms with van der Waals surface area (Å²) in [6, 6.07) is 18.3. The summed E-state index contributed by atoms with van der Waals surface area (Å²) in [4.78, 5) is 0. The molecule has 23 heavy (non-hydrogen) atoms. The molecule has 5 heteroatoms. The van der Waals surface area contributed by atoms with E-state index in [1.165, 1.54) is 0 Å². The summed E-state index contributed by atoms with van der Waals surface area (Å²) in [6.45, 7) is 7.93. The number of benzene rings is 2. The minimum atomic E-state index is -3.55. The third kappa shape index (κ3) is 4.60. The van der Waals surface area contributed by atoms with Gasteiger partial charge < -0.3 is 9.05 Å². The second-order valence-electron chi connectivity index (χ2n) is 5.84. The van der Waals surface area contributed by atoms with Gasteiger partial charge >= 0.3 is 7.75 Å². The number of hydrogen-bond acceptors (Lipinski definition) is 3. The predicted molar refractivity (Wildman–Crippen MR) is 93.9 cm³/mol. The Labute approximate surface area is 138 Å². The fraction of sp³-hybridized carbons (Fsp3) is 0.333. The second-order valence-corrected chi connectivity index (χ2v) is 7.61. The maximum Gasteiger partial charge on any atom is 0.516 e. The highest BCUT2D eigenvalue weighted by molar-refractivity contribution is 7.52. The van der Waals surface area contributed by atoms with Crippen molar-refractivity contribution in [2.45, 2.75) is 39.8 Å². The van der Waals surface area contributed by atoms with Crippen LogP contribution in [0.4, 0.5) is 0 Å². The Balaban J connectivity index is 2.38. The maximum absolute atomic E-state index is 13.6. The van der Waals surface area contributed by atoms with Gasteiger partial charge in [-0.25, -0.2) is 4.57 Å². The second kappa shape index (κ2) is 7.67. The van der Waals surface area contributed by atoms with Gasteiger partial charge in [-0.05, 0) is 52.0 Å². The molecule has 2 aromatic carbocycles. The Morgan fingerprint density at radius 1 is 0.739 bits per heavy atom. The molecule has 0 aromatic heterocycles. The van der Waals surface area contributed by atoms with Crippen LogP contribution in [0.5, 0.6) is 11.5 Å². The fourth-order valence-corrected chi connectivity index (χ4v) is 4.64. The molecule has 0 saturated heterocycles. The molecule has 2 rings (SSSR count). The van der Waals surface area contributed by atoms with E-state index < -0.39 is 7.75 Å². The molecule has 0 unspecified atom stereocenters. The molecule has 4 nitrogen and oxygen atoms in total. The zero-order chi connectivity index (χ0) is 16.9. The number of rotatable bonds is 7. The van der Waals surface area contributed by atoms with Crippen molar-refractivity contribution in [3.8, 4) is 11.5 Å². The van der Waals surface area contributed by atoms with Crippen LogP contribution >= 0.6 is 7.75 Å². The molecule has 0 saturated carbocycles. The standard InChI is InChI=1S/C18H24NO3P/c1-15(2)19(16(3)4)23(20,21-17-11-7-5-8-12-17)22-18-13-9-6-10-14-18/h5-16H,1-4H3. The monoisotopic (exact) mass is 333 g/mol. The molecule has 0 aliphatic rings. The van der Waals surface area contributed by atoms with Gasteiger partial charge in [0.05, 0.1) is 0 Å². The van der Waals surface area contributed by atoms with Gasteiger partial charge in [-0.3, -0.25) is 0 Å². The molecule has 2 aromatic rings. The lowest BCUT2D eigenvalue weighted by molar-refractivity contribution is 0.223. The average molecular weight is 333 g/mol. The van der Waals surface area contributed by atoms with Gasteiger partial charge in [0.1, 0.15) is 11.5 Å². The normalized spacial score (nSPS) is 12.0. The molecule has 0 radical (unpaired) electrons.